The molecule has 0 aliphatic heterocycles. The Morgan fingerprint density at radius 3 is 2.75 bits per heavy atom. The van der Waals surface area contributed by atoms with Crippen LogP contribution >= 0.6 is 15.9 Å². The zero-order valence-corrected chi connectivity index (χ0v) is 6.74. The van der Waals surface area contributed by atoms with E-state index >= 15 is 0 Å². The van der Waals surface area contributed by atoms with Crippen molar-refractivity contribution in [3.05, 3.63) is 11.6 Å². The molecule has 8 heavy (non-hydrogen) atoms. The van der Waals surface area contributed by atoms with Gasteiger partial charge in [-0.2, -0.15) is 0 Å². The van der Waals surface area contributed by atoms with Gasteiger partial charge in [0.25, 0.3) is 0 Å². The maximum Gasteiger partial charge on any atom is 0.0326 e. The number of allylic oxidation sites excluding steroid dienone is 2. The van der Waals surface area contributed by atoms with E-state index in [0.717, 1.165) is 0 Å². The lowest BCUT2D eigenvalue weighted by Gasteiger charge is -2.00. The zero-order valence-electron chi connectivity index (χ0n) is 5.15. The summed E-state index contributed by atoms with van der Waals surface area (Å²) in [6.07, 6.45) is 6.32. The number of hydrogen-bond acceptors (Lipinski definition) is 0. The van der Waals surface area contributed by atoms with Crippen molar-refractivity contribution in [3.8, 4) is 0 Å². The van der Waals surface area contributed by atoms with E-state index in [9.17, 15) is 0 Å². The molecule has 0 spiro atoms. The van der Waals surface area contributed by atoms with Crippen LogP contribution in [0.2, 0.25) is 0 Å². The minimum atomic E-state index is 0.616. The summed E-state index contributed by atoms with van der Waals surface area (Å²) in [4.78, 5) is 0.616. The van der Waals surface area contributed by atoms with Gasteiger partial charge in [-0.25, -0.2) is 0 Å². The average Bonchev–Trinajstić information content (AvgIpc) is 2.12. The number of rotatable bonds is 1. The van der Waals surface area contributed by atoms with E-state index in [2.05, 4.69) is 28.9 Å². The fraction of sp³-hybridized carbons (Fsp3) is 0.714. The molecule has 0 heterocycles. The van der Waals surface area contributed by atoms with Crippen molar-refractivity contribution in [3.63, 3.8) is 0 Å². The van der Waals surface area contributed by atoms with Crippen LogP contribution in [0.3, 0.4) is 0 Å². The van der Waals surface area contributed by atoms with E-state index in [4.69, 9.17) is 0 Å². The molecule has 0 aromatic heterocycles. The van der Waals surface area contributed by atoms with Crippen molar-refractivity contribution in [1.29, 1.82) is 0 Å². The summed E-state index contributed by atoms with van der Waals surface area (Å²) in [5.74, 6) is 0. The maximum absolute atomic E-state index is 3.53. The summed E-state index contributed by atoms with van der Waals surface area (Å²) in [7, 11) is 0. The van der Waals surface area contributed by atoms with E-state index in [1.807, 2.05) is 0 Å². The lowest BCUT2D eigenvalue weighted by molar-refractivity contribution is 0.887. The molecule has 1 atom stereocenters. The fourth-order valence-electron chi connectivity index (χ4n) is 1.06. The molecule has 0 aromatic carbocycles. The Kier molecular flexibility index (Phi) is 2.12. The van der Waals surface area contributed by atoms with Crippen molar-refractivity contribution in [1.82, 2.24) is 0 Å². The first-order chi connectivity index (χ1) is 3.80. The van der Waals surface area contributed by atoms with E-state index in [0.29, 0.717) is 4.83 Å². The molecular formula is C7H11Br. The van der Waals surface area contributed by atoms with Crippen molar-refractivity contribution in [2.24, 2.45) is 0 Å². The number of alkyl halides is 1. The molecule has 0 nitrogen and oxygen atoms in total. The van der Waals surface area contributed by atoms with Crippen LogP contribution in [0.1, 0.15) is 26.2 Å². The average molecular weight is 175 g/mol. The third-order valence-electron chi connectivity index (χ3n) is 1.59. The molecule has 1 heteroatoms. The Balaban J connectivity index is 2.45. The highest BCUT2D eigenvalue weighted by molar-refractivity contribution is 9.09. The highest BCUT2D eigenvalue weighted by atomic mass is 79.9. The third-order valence-corrected chi connectivity index (χ3v) is 2.18. The molecule has 0 saturated heterocycles. The Labute approximate surface area is 59.1 Å². The van der Waals surface area contributed by atoms with Gasteiger partial charge in [0.15, 0.2) is 0 Å². The van der Waals surface area contributed by atoms with Crippen molar-refractivity contribution < 1.29 is 0 Å². The van der Waals surface area contributed by atoms with Crippen molar-refractivity contribution in [2.45, 2.75) is 31.0 Å². The SMILES string of the molecule is CC(Br)C1=CCCC1. The Bertz CT molecular complexity index is 103. The molecule has 1 unspecified atom stereocenters. The van der Waals surface area contributed by atoms with Crippen LogP contribution in [-0.4, -0.2) is 4.83 Å². The van der Waals surface area contributed by atoms with Crippen LogP contribution in [0, 0.1) is 0 Å². The maximum atomic E-state index is 3.53. The molecule has 1 aliphatic rings. The molecule has 0 aromatic rings. The molecule has 0 bridgehead atoms. The van der Waals surface area contributed by atoms with Gasteiger partial charge in [-0.05, 0) is 26.2 Å². The zero-order chi connectivity index (χ0) is 5.98. The molecule has 1 rings (SSSR count). The lowest BCUT2D eigenvalue weighted by atomic mass is 10.2. The third kappa shape index (κ3) is 1.35. The fourth-order valence-corrected chi connectivity index (χ4v) is 1.47. The van der Waals surface area contributed by atoms with Gasteiger partial charge in [0.1, 0.15) is 0 Å². The minimum Gasteiger partial charge on any atom is -0.0845 e. The van der Waals surface area contributed by atoms with Crippen LogP contribution < -0.4 is 0 Å². The minimum absolute atomic E-state index is 0.616. The molecule has 0 saturated carbocycles. The molecule has 0 N–H and O–H groups in total. The standard InChI is InChI=1S/C7H11Br/c1-6(8)7-4-2-3-5-7/h4,6H,2-3,5H2,1H3. The van der Waals surface area contributed by atoms with E-state index < -0.39 is 0 Å². The summed E-state index contributed by atoms with van der Waals surface area (Å²) < 4.78 is 0. The van der Waals surface area contributed by atoms with Gasteiger partial charge >= 0.3 is 0 Å². The van der Waals surface area contributed by atoms with Gasteiger partial charge in [0, 0.05) is 4.83 Å². The summed E-state index contributed by atoms with van der Waals surface area (Å²) in [5.41, 5.74) is 1.59. The van der Waals surface area contributed by atoms with E-state index in [-0.39, 0.29) is 0 Å². The number of halogens is 1. The Hall–Kier alpha value is 0.220. The van der Waals surface area contributed by atoms with Gasteiger partial charge in [-0.3, -0.25) is 0 Å². The summed E-state index contributed by atoms with van der Waals surface area (Å²) in [6.45, 7) is 2.19. The lowest BCUT2D eigenvalue weighted by Crippen LogP contribution is -1.90. The first-order valence-corrected chi connectivity index (χ1v) is 4.05. The largest absolute Gasteiger partial charge is 0.0845 e. The monoisotopic (exact) mass is 174 g/mol. The highest BCUT2D eigenvalue weighted by Gasteiger charge is 2.07. The first-order valence-electron chi connectivity index (χ1n) is 3.13. The van der Waals surface area contributed by atoms with E-state index in [1.54, 1.807) is 5.57 Å². The van der Waals surface area contributed by atoms with Crippen LogP contribution in [0.15, 0.2) is 11.6 Å². The van der Waals surface area contributed by atoms with Crippen LogP contribution in [-0.2, 0) is 0 Å². The second kappa shape index (κ2) is 2.67. The smallest absolute Gasteiger partial charge is 0.0326 e. The van der Waals surface area contributed by atoms with Gasteiger partial charge < -0.3 is 0 Å². The molecule has 46 valence electrons. The molecular weight excluding hydrogens is 164 g/mol. The summed E-state index contributed by atoms with van der Waals surface area (Å²) in [6, 6.07) is 0. The van der Waals surface area contributed by atoms with Crippen LogP contribution in [0.25, 0.3) is 0 Å². The molecule has 0 amide bonds. The molecule has 0 fully saturated rings. The van der Waals surface area contributed by atoms with E-state index in [1.165, 1.54) is 19.3 Å². The summed E-state index contributed by atoms with van der Waals surface area (Å²) in [5, 5.41) is 0. The van der Waals surface area contributed by atoms with Crippen molar-refractivity contribution in [2.75, 3.05) is 0 Å². The predicted molar refractivity (Wildman–Crippen MR) is 40.3 cm³/mol. The molecule has 0 radical (unpaired) electrons. The highest BCUT2D eigenvalue weighted by Crippen LogP contribution is 2.24. The van der Waals surface area contributed by atoms with Crippen LogP contribution in [0.4, 0.5) is 0 Å². The Morgan fingerprint density at radius 1 is 1.75 bits per heavy atom. The Morgan fingerprint density at radius 2 is 2.50 bits per heavy atom. The topological polar surface area (TPSA) is 0 Å². The number of hydrogen-bond donors (Lipinski definition) is 0. The van der Waals surface area contributed by atoms with Crippen LogP contribution in [0.5, 0.6) is 0 Å². The normalized spacial score (nSPS) is 23.0. The second-order valence-corrected chi connectivity index (χ2v) is 3.66. The quantitative estimate of drug-likeness (QED) is 0.424. The van der Waals surface area contributed by atoms with Gasteiger partial charge in [-0.1, -0.05) is 27.6 Å². The first kappa shape index (κ1) is 6.34. The second-order valence-electron chi connectivity index (χ2n) is 2.29. The van der Waals surface area contributed by atoms with Gasteiger partial charge in [0.05, 0.1) is 0 Å². The van der Waals surface area contributed by atoms with Gasteiger partial charge in [-0.15, -0.1) is 0 Å². The van der Waals surface area contributed by atoms with Crippen molar-refractivity contribution >= 4 is 15.9 Å². The molecule has 1 aliphatic carbocycles. The predicted octanol–water partition coefficient (Wildman–Crippen LogP) is 2.88. The summed E-state index contributed by atoms with van der Waals surface area (Å²) >= 11 is 3.53. The van der Waals surface area contributed by atoms with Gasteiger partial charge in [0.2, 0.25) is 0 Å².